The second-order valence-corrected chi connectivity index (χ2v) is 19.9. The number of para-hydroxylation sites is 3. The molecule has 0 aromatic heterocycles. The molecule has 2 heteroatoms. The molecule has 0 amide bonds. The maximum Gasteiger partial charge on any atom is 0.0465 e. The Morgan fingerprint density at radius 2 is 0.955 bits per heavy atom. The molecule has 0 radical (unpaired) electrons. The van der Waals surface area contributed by atoms with Crippen molar-refractivity contribution in [3.8, 4) is 11.1 Å². The zero-order valence-corrected chi connectivity index (χ0v) is 39.0. The number of anilines is 4. The van der Waals surface area contributed by atoms with Crippen molar-refractivity contribution in [3.63, 3.8) is 0 Å². The molecule has 5 aliphatic carbocycles. The highest BCUT2D eigenvalue weighted by molar-refractivity contribution is 5.87. The average Bonchev–Trinajstić information content (AvgIpc) is 3.72. The van der Waals surface area contributed by atoms with E-state index in [1.807, 2.05) is 0 Å². The van der Waals surface area contributed by atoms with Crippen LogP contribution in [-0.2, 0) is 10.8 Å². The van der Waals surface area contributed by atoms with Gasteiger partial charge in [0, 0.05) is 45.0 Å². The number of hydrogen-bond donors (Lipinski definition) is 0. The Morgan fingerprint density at radius 1 is 0.424 bits per heavy atom. The Balaban J connectivity index is 0.784. The number of allylic oxidation sites excluding steroid dienone is 12. The van der Waals surface area contributed by atoms with Gasteiger partial charge in [0.2, 0.25) is 0 Å². The van der Waals surface area contributed by atoms with Crippen molar-refractivity contribution < 1.29 is 0 Å². The fourth-order valence-electron chi connectivity index (χ4n) is 11.4. The number of fused-ring (bicyclic) bond motifs is 5. The molecule has 0 aliphatic heterocycles. The van der Waals surface area contributed by atoms with Gasteiger partial charge in [-0.15, -0.1) is 0 Å². The third-order valence-corrected chi connectivity index (χ3v) is 15.0. The molecule has 0 unspecified atom stereocenters. The Hall–Kier alpha value is -6.90. The fraction of sp³-hybridized carbons (Fsp3) is 0.219. The molecule has 0 spiro atoms. The van der Waals surface area contributed by atoms with Gasteiger partial charge >= 0.3 is 0 Å². The minimum atomic E-state index is -0.125. The first-order valence-corrected chi connectivity index (χ1v) is 24.3. The zero-order valence-electron chi connectivity index (χ0n) is 39.0. The lowest BCUT2D eigenvalue weighted by molar-refractivity contribution is 0.645. The van der Waals surface area contributed by atoms with Crippen LogP contribution in [0.25, 0.3) is 28.9 Å². The van der Waals surface area contributed by atoms with E-state index in [1.165, 1.54) is 109 Å². The first-order chi connectivity index (χ1) is 32.2. The molecule has 326 valence electrons. The van der Waals surface area contributed by atoms with Crippen LogP contribution >= 0.6 is 0 Å². The number of benzene rings is 6. The van der Waals surface area contributed by atoms with Gasteiger partial charge in [0.25, 0.3) is 0 Å². The lowest BCUT2D eigenvalue weighted by Crippen LogP contribution is -2.26. The average molecular weight is 857 g/mol. The Bertz CT molecular complexity index is 3020. The highest BCUT2D eigenvalue weighted by Gasteiger charge is 2.39. The molecular weight excluding hydrogens is 797 g/mol. The molecule has 11 rings (SSSR count). The Morgan fingerprint density at radius 3 is 1.52 bits per heavy atom. The minimum absolute atomic E-state index is 0.0489. The van der Waals surface area contributed by atoms with Gasteiger partial charge in [-0.2, -0.15) is 0 Å². The van der Waals surface area contributed by atoms with Gasteiger partial charge in [-0.05, 0) is 173 Å². The standard InChI is InChI=1S/C64H60N2/c1-63(2)59-41-47(33-37-55(59)57-39-35-53(43-61(57)63)65(49-17-9-5-10-18-49)50-19-11-6-12-20-50)31-29-45-25-27-46(28-26-45)30-32-48-34-38-56-58-40-36-54(44-62(58)64(3,4)60(56)42-48)66(51-21-13-7-14-22-51)52-23-15-8-16-24-52/h5-7,9-14,17-23,25,27,29-35,37-39,41-44H,8,15-16,24,26,28,36,40H2,1-4H3/b31-29+,32-30+. The van der Waals surface area contributed by atoms with Gasteiger partial charge < -0.3 is 9.80 Å². The van der Waals surface area contributed by atoms with E-state index in [9.17, 15) is 0 Å². The summed E-state index contributed by atoms with van der Waals surface area (Å²) in [5, 5.41) is 0. The van der Waals surface area contributed by atoms with E-state index in [1.54, 1.807) is 0 Å². The van der Waals surface area contributed by atoms with Crippen molar-refractivity contribution in [2.45, 2.75) is 89.9 Å². The smallest absolute Gasteiger partial charge is 0.0465 e. The molecule has 0 heterocycles. The third-order valence-electron chi connectivity index (χ3n) is 15.0. The molecule has 0 saturated heterocycles. The first kappa shape index (κ1) is 41.8. The SMILES string of the molecule is CC1(C)C2=C(CCC(N(C3=CCCCC3)c3ccccc3)=C2)c2ccc(/C=C/C3=CC=C(/C=C/c4ccc5c(c4)C(C)(C)c4cc(N(c6ccccc6)c6ccccc6)ccc4-5)CC3)cc21. The molecule has 0 N–H and O–H groups in total. The first-order valence-electron chi connectivity index (χ1n) is 24.3. The van der Waals surface area contributed by atoms with Crippen molar-refractivity contribution in [1.82, 2.24) is 0 Å². The highest BCUT2D eigenvalue weighted by atomic mass is 15.2. The van der Waals surface area contributed by atoms with Gasteiger partial charge in [0.05, 0.1) is 0 Å². The predicted octanol–water partition coefficient (Wildman–Crippen LogP) is 17.5. The van der Waals surface area contributed by atoms with E-state index in [-0.39, 0.29) is 10.8 Å². The molecule has 6 aromatic rings. The van der Waals surface area contributed by atoms with Crippen LogP contribution in [0.15, 0.2) is 210 Å². The molecule has 0 atom stereocenters. The lowest BCUT2D eigenvalue weighted by Gasteiger charge is -2.35. The van der Waals surface area contributed by atoms with E-state index in [0.717, 1.165) is 43.5 Å². The van der Waals surface area contributed by atoms with Crippen LogP contribution in [0.5, 0.6) is 0 Å². The number of nitrogens with zero attached hydrogens (tertiary/aromatic N) is 2. The molecule has 6 aromatic carbocycles. The van der Waals surface area contributed by atoms with Crippen LogP contribution in [0.1, 0.15) is 112 Å². The molecule has 5 aliphatic rings. The second-order valence-electron chi connectivity index (χ2n) is 19.9. The molecule has 0 fully saturated rings. The van der Waals surface area contributed by atoms with E-state index >= 15 is 0 Å². The van der Waals surface area contributed by atoms with Crippen LogP contribution < -0.4 is 9.80 Å². The maximum atomic E-state index is 2.58. The lowest BCUT2D eigenvalue weighted by atomic mass is 9.79. The highest BCUT2D eigenvalue weighted by Crippen LogP contribution is 2.53. The molecule has 0 saturated carbocycles. The number of hydrogen-bond acceptors (Lipinski definition) is 2. The van der Waals surface area contributed by atoms with Gasteiger partial charge in [0.15, 0.2) is 0 Å². The van der Waals surface area contributed by atoms with Gasteiger partial charge in [-0.25, -0.2) is 0 Å². The van der Waals surface area contributed by atoms with Crippen molar-refractivity contribution >= 4 is 40.5 Å². The summed E-state index contributed by atoms with van der Waals surface area (Å²) >= 11 is 0. The number of rotatable bonds is 10. The van der Waals surface area contributed by atoms with Crippen LogP contribution in [0, 0.1) is 0 Å². The van der Waals surface area contributed by atoms with Gasteiger partial charge in [0.1, 0.15) is 0 Å². The van der Waals surface area contributed by atoms with Crippen molar-refractivity contribution in [1.29, 1.82) is 0 Å². The van der Waals surface area contributed by atoms with Crippen LogP contribution in [0.4, 0.5) is 22.7 Å². The molecule has 2 nitrogen and oxygen atoms in total. The minimum Gasteiger partial charge on any atom is -0.318 e. The summed E-state index contributed by atoms with van der Waals surface area (Å²) < 4.78 is 0. The van der Waals surface area contributed by atoms with Crippen molar-refractivity contribution in [3.05, 3.63) is 244 Å². The summed E-state index contributed by atoms with van der Waals surface area (Å²) in [5.41, 5.74) is 24.2. The van der Waals surface area contributed by atoms with E-state index in [4.69, 9.17) is 0 Å². The van der Waals surface area contributed by atoms with Crippen molar-refractivity contribution in [2.75, 3.05) is 9.80 Å². The van der Waals surface area contributed by atoms with Gasteiger partial charge in [-0.1, -0.05) is 167 Å². The quantitative estimate of drug-likeness (QED) is 0.135. The predicted molar refractivity (Wildman–Crippen MR) is 281 cm³/mol. The largest absolute Gasteiger partial charge is 0.318 e. The summed E-state index contributed by atoms with van der Waals surface area (Å²) in [7, 11) is 0. The van der Waals surface area contributed by atoms with Crippen LogP contribution in [0.3, 0.4) is 0 Å². The fourth-order valence-corrected chi connectivity index (χ4v) is 11.4. The van der Waals surface area contributed by atoms with E-state index in [2.05, 4.69) is 232 Å². The van der Waals surface area contributed by atoms with Crippen LogP contribution in [-0.4, -0.2) is 0 Å². The van der Waals surface area contributed by atoms with Crippen LogP contribution in [0.2, 0.25) is 0 Å². The molecule has 0 bridgehead atoms. The summed E-state index contributed by atoms with van der Waals surface area (Å²) in [6.07, 6.45) is 28.1. The summed E-state index contributed by atoms with van der Waals surface area (Å²) in [6, 6.07) is 53.7. The zero-order chi connectivity index (χ0) is 44.8. The Kier molecular flexibility index (Phi) is 10.9. The summed E-state index contributed by atoms with van der Waals surface area (Å²) in [4.78, 5) is 4.94. The summed E-state index contributed by atoms with van der Waals surface area (Å²) in [5.74, 6) is 0. The van der Waals surface area contributed by atoms with Crippen molar-refractivity contribution in [2.24, 2.45) is 0 Å². The Labute approximate surface area is 393 Å². The summed E-state index contributed by atoms with van der Waals surface area (Å²) in [6.45, 7) is 9.63. The normalized spacial score (nSPS) is 17.9. The monoisotopic (exact) mass is 856 g/mol. The second kappa shape index (κ2) is 17.1. The molecule has 66 heavy (non-hydrogen) atoms. The topological polar surface area (TPSA) is 6.48 Å². The molecular formula is C64H60N2. The maximum absolute atomic E-state index is 2.58. The van der Waals surface area contributed by atoms with E-state index in [0.29, 0.717) is 0 Å². The third kappa shape index (κ3) is 7.67. The van der Waals surface area contributed by atoms with Gasteiger partial charge in [-0.3, -0.25) is 0 Å². The van der Waals surface area contributed by atoms with E-state index < -0.39 is 0 Å².